The fourth-order valence-corrected chi connectivity index (χ4v) is 3.11. The summed E-state index contributed by atoms with van der Waals surface area (Å²) in [6, 6.07) is 8.21. The average molecular weight is 280 g/mol. The molecule has 1 fully saturated rings. The molecule has 3 heteroatoms. The molecule has 2 heterocycles. The van der Waals surface area contributed by atoms with Gasteiger partial charge in [0.25, 0.3) is 0 Å². The Morgan fingerprint density at radius 2 is 1.94 bits per heavy atom. The van der Waals surface area contributed by atoms with E-state index in [2.05, 4.69) is 33.4 Å². The Balaban J connectivity index is 2.05. The van der Waals surface area contributed by atoms with Gasteiger partial charge >= 0.3 is 0 Å². The van der Waals surface area contributed by atoms with Crippen LogP contribution in [-0.2, 0) is 0 Å². The van der Waals surface area contributed by atoms with E-state index in [0.29, 0.717) is 5.92 Å². The van der Waals surface area contributed by atoms with Gasteiger partial charge in [0.05, 0.1) is 4.47 Å². The Kier molecular flexibility index (Phi) is 2.74. The van der Waals surface area contributed by atoms with E-state index in [-0.39, 0.29) is 0 Å². The summed E-state index contributed by atoms with van der Waals surface area (Å²) in [5.41, 5.74) is 0.989. The van der Waals surface area contributed by atoms with Gasteiger partial charge in [0.1, 0.15) is 11.3 Å². The highest BCUT2D eigenvalue weighted by Crippen LogP contribution is 2.38. The number of rotatable bonds is 1. The highest BCUT2D eigenvalue weighted by Gasteiger charge is 2.22. The first kappa shape index (κ1) is 10.4. The first-order chi connectivity index (χ1) is 7.86. The van der Waals surface area contributed by atoms with Gasteiger partial charge in [0.15, 0.2) is 0 Å². The van der Waals surface area contributed by atoms with Crippen LogP contribution < -0.4 is 5.32 Å². The molecule has 84 valence electrons. The topological polar surface area (TPSA) is 25.2 Å². The number of fused-ring (bicyclic) bond motifs is 1. The van der Waals surface area contributed by atoms with E-state index in [4.69, 9.17) is 4.42 Å². The molecule has 1 N–H and O–H groups in total. The highest BCUT2D eigenvalue weighted by molar-refractivity contribution is 9.10. The number of benzene rings is 1. The number of para-hydroxylation sites is 1. The quantitative estimate of drug-likeness (QED) is 0.862. The molecular formula is C13H14BrNO. The van der Waals surface area contributed by atoms with Gasteiger partial charge in [-0.25, -0.2) is 0 Å². The Morgan fingerprint density at radius 3 is 2.69 bits per heavy atom. The van der Waals surface area contributed by atoms with Crippen LogP contribution in [0.3, 0.4) is 0 Å². The molecule has 1 aliphatic heterocycles. The lowest BCUT2D eigenvalue weighted by atomic mass is 9.95. The van der Waals surface area contributed by atoms with Crippen molar-refractivity contribution in [1.82, 2.24) is 5.32 Å². The fraction of sp³-hybridized carbons (Fsp3) is 0.385. The van der Waals surface area contributed by atoms with Crippen molar-refractivity contribution < 1.29 is 4.42 Å². The standard InChI is InChI=1S/C13H14BrNO/c14-12-10-3-1-2-4-11(10)16-13(12)9-5-7-15-8-6-9/h1-4,9,15H,5-8H2. The molecule has 0 atom stereocenters. The van der Waals surface area contributed by atoms with Gasteiger partial charge < -0.3 is 9.73 Å². The maximum atomic E-state index is 5.96. The second kappa shape index (κ2) is 4.22. The van der Waals surface area contributed by atoms with Crippen LogP contribution in [0.25, 0.3) is 11.0 Å². The van der Waals surface area contributed by atoms with E-state index in [9.17, 15) is 0 Å². The lowest BCUT2D eigenvalue weighted by Gasteiger charge is -2.20. The van der Waals surface area contributed by atoms with Gasteiger partial charge in [-0.15, -0.1) is 0 Å². The predicted molar refractivity (Wildman–Crippen MR) is 68.8 cm³/mol. The lowest BCUT2D eigenvalue weighted by Crippen LogP contribution is -2.26. The van der Waals surface area contributed by atoms with Gasteiger partial charge in [-0.3, -0.25) is 0 Å². The highest BCUT2D eigenvalue weighted by atomic mass is 79.9. The van der Waals surface area contributed by atoms with Crippen molar-refractivity contribution >= 4 is 26.9 Å². The lowest BCUT2D eigenvalue weighted by molar-refractivity contribution is 0.395. The molecule has 3 rings (SSSR count). The summed E-state index contributed by atoms with van der Waals surface area (Å²) in [6.45, 7) is 2.18. The van der Waals surface area contributed by atoms with Gasteiger partial charge in [0, 0.05) is 11.3 Å². The summed E-state index contributed by atoms with van der Waals surface area (Å²) in [4.78, 5) is 0. The van der Waals surface area contributed by atoms with Crippen molar-refractivity contribution in [2.75, 3.05) is 13.1 Å². The van der Waals surface area contributed by atoms with Crippen LogP contribution in [0.15, 0.2) is 33.2 Å². The SMILES string of the molecule is Brc1c(C2CCNCC2)oc2ccccc12. The van der Waals surface area contributed by atoms with Crippen LogP contribution >= 0.6 is 15.9 Å². The van der Waals surface area contributed by atoms with Crippen LogP contribution in [0.4, 0.5) is 0 Å². The number of furan rings is 1. The Bertz CT molecular complexity index is 500. The third-order valence-corrected chi connectivity index (χ3v) is 4.09. The third kappa shape index (κ3) is 1.68. The van der Waals surface area contributed by atoms with E-state index < -0.39 is 0 Å². The number of piperidine rings is 1. The molecule has 0 aliphatic carbocycles. The largest absolute Gasteiger partial charge is 0.460 e. The van der Waals surface area contributed by atoms with Crippen LogP contribution in [0, 0.1) is 0 Å². The molecular weight excluding hydrogens is 266 g/mol. The smallest absolute Gasteiger partial charge is 0.135 e. The van der Waals surface area contributed by atoms with Gasteiger partial charge in [-0.2, -0.15) is 0 Å². The van der Waals surface area contributed by atoms with Crippen LogP contribution in [0.5, 0.6) is 0 Å². The monoisotopic (exact) mass is 279 g/mol. The van der Waals surface area contributed by atoms with Crippen molar-refractivity contribution in [3.05, 3.63) is 34.5 Å². The van der Waals surface area contributed by atoms with Gasteiger partial charge in [-0.1, -0.05) is 12.1 Å². The Labute approximate surface area is 103 Å². The molecule has 0 unspecified atom stereocenters. The molecule has 0 saturated carbocycles. The van der Waals surface area contributed by atoms with Crippen molar-refractivity contribution in [2.24, 2.45) is 0 Å². The van der Waals surface area contributed by atoms with Crippen molar-refractivity contribution in [1.29, 1.82) is 0 Å². The average Bonchev–Trinajstić information content (AvgIpc) is 2.69. The second-order valence-corrected chi connectivity index (χ2v) is 5.09. The summed E-state index contributed by atoms with van der Waals surface area (Å²) in [7, 11) is 0. The molecule has 0 amide bonds. The summed E-state index contributed by atoms with van der Waals surface area (Å²) >= 11 is 3.67. The molecule has 0 bridgehead atoms. The minimum Gasteiger partial charge on any atom is -0.460 e. The third-order valence-electron chi connectivity index (χ3n) is 3.27. The zero-order chi connectivity index (χ0) is 11.0. The first-order valence-electron chi connectivity index (χ1n) is 5.74. The molecule has 2 nitrogen and oxygen atoms in total. The molecule has 0 spiro atoms. The summed E-state index contributed by atoms with van der Waals surface area (Å²) < 4.78 is 7.11. The summed E-state index contributed by atoms with van der Waals surface area (Å²) in [6.07, 6.45) is 2.33. The van der Waals surface area contributed by atoms with Gasteiger partial charge in [0.2, 0.25) is 0 Å². The number of hydrogen-bond donors (Lipinski definition) is 1. The maximum Gasteiger partial charge on any atom is 0.135 e. The molecule has 1 saturated heterocycles. The van der Waals surface area contributed by atoms with E-state index in [1.807, 2.05) is 12.1 Å². The minimum atomic E-state index is 0.558. The Hall–Kier alpha value is -0.800. The van der Waals surface area contributed by atoms with Crippen LogP contribution in [0.2, 0.25) is 0 Å². The van der Waals surface area contributed by atoms with Crippen LogP contribution in [-0.4, -0.2) is 13.1 Å². The van der Waals surface area contributed by atoms with Crippen molar-refractivity contribution in [3.8, 4) is 0 Å². The van der Waals surface area contributed by atoms with E-state index in [1.54, 1.807) is 0 Å². The number of halogens is 1. The molecule has 1 aromatic carbocycles. The normalized spacial score (nSPS) is 18.1. The first-order valence-corrected chi connectivity index (χ1v) is 6.53. The molecule has 1 aliphatic rings. The Morgan fingerprint density at radius 1 is 1.19 bits per heavy atom. The maximum absolute atomic E-state index is 5.96. The number of nitrogens with one attached hydrogen (secondary N) is 1. The van der Waals surface area contributed by atoms with Crippen molar-refractivity contribution in [3.63, 3.8) is 0 Å². The van der Waals surface area contributed by atoms with Crippen molar-refractivity contribution in [2.45, 2.75) is 18.8 Å². The predicted octanol–water partition coefficient (Wildman–Crippen LogP) is 3.66. The molecule has 2 aromatic rings. The van der Waals surface area contributed by atoms with E-state index >= 15 is 0 Å². The van der Waals surface area contributed by atoms with E-state index in [0.717, 1.165) is 28.9 Å². The molecule has 0 radical (unpaired) electrons. The molecule has 1 aromatic heterocycles. The second-order valence-electron chi connectivity index (χ2n) is 4.30. The zero-order valence-electron chi connectivity index (χ0n) is 9.00. The minimum absolute atomic E-state index is 0.558. The number of hydrogen-bond acceptors (Lipinski definition) is 2. The van der Waals surface area contributed by atoms with Gasteiger partial charge in [-0.05, 0) is 54.0 Å². The van der Waals surface area contributed by atoms with Crippen LogP contribution in [0.1, 0.15) is 24.5 Å². The molecule has 16 heavy (non-hydrogen) atoms. The zero-order valence-corrected chi connectivity index (χ0v) is 10.6. The van der Waals surface area contributed by atoms with E-state index in [1.165, 1.54) is 18.2 Å². The fourth-order valence-electron chi connectivity index (χ4n) is 2.38. The summed E-state index contributed by atoms with van der Waals surface area (Å²) in [5.74, 6) is 1.69. The summed E-state index contributed by atoms with van der Waals surface area (Å²) in [5, 5.41) is 4.57.